The molecule has 102 valence electrons. The van der Waals surface area contributed by atoms with E-state index < -0.39 is 11.7 Å². The molecule has 0 amide bonds. The van der Waals surface area contributed by atoms with Crippen LogP contribution in [-0.2, 0) is 6.18 Å². The number of hydrogen-bond acceptors (Lipinski definition) is 2. The predicted octanol–water partition coefficient (Wildman–Crippen LogP) is 5.70. The minimum absolute atomic E-state index is 0.0491. The maximum Gasteiger partial charge on any atom is 0.416 e. The SMILES string of the molecule is CC(Nc1ccc(C(F)(F)F)cc1)c1cc(Br)cs1. The van der Waals surface area contributed by atoms with Crippen molar-refractivity contribution in [3.05, 3.63) is 50.6 Å². The predicted molar refractivity (Wildman–Crippen MR) is 75.5 cm³/mol. The molecule has 1 aromatic carbocycles. The maximum atomic E-state index is 12.4. The number of anilines is 1. The molecule has 0 saturated heterocycles. The van der Waals surface area contributed by atoms with Crippen LogP contribution in [0.1, 0.15) is 23.4 Å². The number of rotatable bonds is 3. The standard InChI is InChI=1S/C13H11BrF3NS/c1-8(12-6-10(14)7-19-12)18-11-4-2-9(3-5-11)13(15,16)17/h2-8,18H,1H3. The van der Waals surface area contributed by atoms with Crippen molar-refractivity contribution in [3.8, 4) is 0 Å². The number of nitrogens with one attached hydrogen (secondary N) is 1. The van der Waals surface area contributed by atoms with Crippen LogP contribution in [0.2, 0.25) is 0 Å². The molecule has 0 fully saturated rings. The molecule has 19 heavy (non-hydrogen) atoms. The summed E-state index contributed by atoms with van der Waals surface area (Å²) in [7, 11) is 0. The van der Waals surface area contributed by atoms with E-state index in [1.807, 2.05) is 18.4 Å². The van der Waals surface area contributed by atoms with Crippen molar-refractivity contribution in [3.63, 3.8) is 0 Å². The Labute approximate surface area is 121 Å². The number of halogens is 4. The number of benzene rings is 1. The Balaban J connectivity index is 2.07. The average Bonchev–Trinajstić information content (AvgIpc) is 2.75. The van der Waals surface area contributed by atoms with Gasteiger partial charge in [0.2, 0.25) is 0 Å². The van der Waals surface area contributed by atoms with Crippen molar-refractivity contribution in [2.45, 2.75) is 19.1 Å². The summed E-state index contributed by atoms with van der Waals surface area (Å²) in [6.07, 6.45) is -4.29. The molecule has 1 nitrogen and oxygen atoms in total. The van der Waals surface area contributed by atoms with E-state index in [0.717, 1.165) is 21.5 Å². The van der Waals surface area contributed by atoms with Crippen molar-refractivity contribution in [1.82, 2.24) is 0 Å². The second kappa shape index (κ2) is 5.54. The fourth-order valence-corrected chi connectivity index (χ4v) is 3.09. The topological polar surface area (TPSA) is 12.0 Å². The van der Waals surface area contributed by atoms with E-state index in [2.05, 4.69) is 21.2 Å². The number of alkyl halides is 3. The first-order valence-corrected chi connectivity index (χ1v) is 7.21. The zero-order valence-corrected chi connectivity index (χ0v) is 12.4. The van der Waals surface area contributed by atoms with Gasteiger partial charge >= 0.3 is 6.18 Å². The van der Waals surface area contributed by atoms with E-state index in [-0.39, 0.29) is 6.04 Å². The van der Waals surface area contributed by atoms with Gasteiger partial charge in [-0.15, -0.1) is 11.3 Å². The summed E-state index contributed by atoms with van der Waals surface area (Å²) < 4.78 is 38.3. The molecule has 1 atom stereocenters. The normalized spacial score (nSPS) is 13.3. The van der Waals surface area contributed by atoms with Gasteiger partial charge in [0, 0.05) is 20.4 Å². The fraction of sp³-hybridized carbons (Fsp3) is 0.231. The molecule has 0 aliphatic heterocycles. The van der Waals surface area contributed by atoms with E-state index in [4.69, 9.17) is 0 Å². The van der Waals surface area contributed by atoms with Gasteiger partial charge in [0.15, 0.2) is 0 Å². The Morgan fingerprint density at radius 2 is 1.84 bits per heavy atom. The molecule has 6 heteroatoms. The first-order chi connectivity index (χ1) is 8.86. The van der Waals surface area contributed by atoms with Crippen LogP contribution in [0.25, 0.3) is 0 Å². The van der Waals surface area contributed by atoms with E-state index in [1.165, 1.54) is 12.1 Å². The zero-order valence-electron chi connectivity index (χ0n) is 9.96. The highest BCUT2D eigenvalue weighted by Crippen LogP contribution is 2.31. The molecule has 1 heterocycles. The summed E-state index contributed by atoms with van der Waals surface area (Å²) in [4.78, 5) is 1.12. The lowest BCUT2D eigenvalue weighted by atomic mass is 10.2. The van der Waals surface area contributed by atoms with Crippen LogP contribution in [0.3, 0.4) is 0 Å². The van der Waals surface area contributed by atoms with Crippen molar-refractivity contribution in [1.29, 1.82) is 0 Å². The van der Waals surface area contributed by atoms with Crippen LogP contribution >= 0.6 is 27.3 Å². The van der Waals surface area contributed by atoms with Crippen LogP contribution in [0.4, 0.5) is 18.9 Å². The molecule has 0 bridgehead atoms. The van der Waals surface area contributed by atoms with Crippen molar-refractivity contribution in [2.75, 3.05) is 5.32 Å². The van der Waals surface area contributed by atoms with Gasteiger partial charge < -0.3 is 5.32 Å². The lowest BCUT2D eigenvalue weighted by molar-refractivity contribution is -0.137. The second-order valence-corrected chi connectivity index (χ2v) is 5.97. The third-order valence-corrected chi connectivity index (χ3v) is 4.49. The molecular formula is C13H11BrF3NS. The summed E-state index contributed by atoms with van der Waals surface area (Å²) in [6, 6.07) is 7.10. The average molecular weight is 350 g/mol. The zero-order chi connectivity index (χ0) is 14.0. The van der Waals surface area contributed by atoms with Gasteiger partial charge in [-0.25, -0.2) is 0 Å². The molecule has 0 saturated carbocycles. The smallest absolute Gasteiger partial charge is 0.378 e. The third kappa shape index (κ3) is 3.73. The Hall–Kier alpha value is -1.01. The molecule has 1 N–H and O–H groups in total. The fourth-order valence-electron chi connectivity index (χ4n) is 1.63. The molecule has 1 aromatic heterocycles. The number of thiophene rings is 1. The molecule has 0 aliphatic rings. The third-order valence-electron chi connectivity index (χ3n) is 2.61. The molecule has 1 unspecified atom stereocenters. The summed E-state index contributed by atoms with van der Waals surface area (Å²) in [5, 5.41) is 5.14. The van der Waals surface area contributed by atoms with E-state index in [1.54, 1.807) is 11.3 Å². The monoisotopic (exact) mass is 349 g/mol. The van der Waals surface area contributed by atoms with Gasteiger partial charge in [0.25, 0.3) is 0 Å². The molecule has 2 aromatic rings. The van der Waals surface area contributed by atoms with Crippen molar-refractivity contribution >= 4 is 33.0 Å². The minimum Gasteiger partial charge on any atom is -0.378 e. The van der Waals surface area contributed by atoms with E-state index in [9.17, 15) is 13.2 Å². The lowest BCUT2D eigenvalue weighted by Gasteiger charge is -2.14. The highest BCUT2D eigenvalue weighted by atomic mass is 79.9. The van der Waals surface area contributed by atoms with Gasteiger partial charge in [-0.3, -0.25) is 0 Å². The Morgan fingerprint density at radius 3 is 2.32 bits per heavy atom. The van der Waals surface area contributed by atoms with Gasteiger partial charge in [0.05, 0.1) is 11.6 Å². The Kier molecular flexibility index (Phi) is 4.20. The van der Waals surface area contributed by atoms with Crippen LogP contribution in [0.15, 0.2) is 40.2 Å². The summed E-state index contributed by atoms with van der Waals surface area (Å²) in [6.45, 7) is 1.97. The van der Waals surface area contributed by atoms with Crippen molar-refractivity contribution < 1.29 is 13.2 Å². The van der Waals surface area contributed by atoms with E-state index >= 15 is 0 Å². The van der Waals surface area contributed by atoms with Gasteiger partial charge in [-0.2, -0.15) is 13.2 Å². The van der Waals surface area contributed by atoms with Crippen molar-refractivity contribution in [2.24, 2.45) is 0 Å². The minimum atomic E-state index is -4.29. The quantitative estimate of drug-likeness (QED) is 0.748. The summed E-state index contributed by atoms with van der Waals surface area (Å²) in [5.74, 6) is 0. The highest BCUT2D eigenvalue weighted by Gasteiger charge is 2.29. The molecular weight excluding hydrogens is 339 g/mol. The van der Waals surface area contributed by atoms with Crippen LogP contribution in [0, 0.1) is 0 Å². The first-order valence-electron chi connectivity index (χ1n) is 5.54. The first kappa shape index (κ1) is 14.4. The Bertz CT molecular complexity index is 548. The lowest BCUT2D eigenvalue weighted by Crippen LogP contribution is -2.07. The van der Waals surface area contributed by atoms with Gasteiger partial charge in [-0.1, -0.05) is 0 Å². The summed E-state index contributed by atoms with van der Waals surface area (Å²) >= 11 is 4.97. The number of hydrogen-bond donors (Lipinski definition) is 1. The largest absolute Gasteiger partial charge is 0.416 e. The molecule has 0 spiro atoms. The molecule has 2 rings (SSSR count). The van der Waals surface area contributed by atoms with Crippen LogP contribution in [0.5, 0.6) is 0 Å². The molecule has 0 aliphatic carbocycles. The summed E-state index contributed by atoms with van der Waals surface area (Å²) in [5.41, 5.74) is 0.0367. The van der Waals surface area contributed by atoms with Crippen LogP contribution in [-0.4, -0.2) is 0 Å². The highest BCUT2D eigenvalue weighted by molar-refractivity contribution is 9.10. The Morgan fingerprint density at radius 1 is 1.21 bits per heavy atom. The van der Waals surface area contributed by atoms with Crippen LogP contribution < -0.4 is 5.32 Å². The maximum absolute atomic E-state index is 12.4. The molecule has 0 radical (unpaired) electrons. The van der Waals surface area contributed by atoms with E-state index in [0.29, 0.717) is 5.69 Å². The van der Waals surface area contributed by atoms with Gasteiger partial charge in [0.1, 0.15) is 0 Å². The second-order valence-electron chi connectivity index (χ2n) is 4.11. The van der Waals surface area contributed by atoms with Gasteiger partial charge in [-0.05, 0) is 53.2 Å².